The van der Waals surface area contributed by atoms with Gasteiger partial charge < -0.3 is 10.1 Å². The number of ether oxygens (including phenoxy) is 1. The highest BCUT2D eigenvalue weighted by Crippen LogP contribution is 2.46. The van der Waals surface area contributed by atoms with Crippen LogP contribution in [-0.2, 0) is 4.74 Å². The van der Waals surface area contributed by atoms with Gasteiger partial charge in [0.1, 0.15) is 0 Å². The van der Waals surface area contributed by atoms with Crippen molar-refractivity contribution in [3.05, 3.63) is 35.4 Å². The topological polar surface area (TPSA) is 38.3 Å². The molecule has 0 saturated heterocycles. The molecule has 3 heteroatoms. The summed E-state index contributed by atoms with van der Waals surface area (Å²) in [6.07, 6.45) is 1.64. The summed E-state index contributed by atoms with van der Waals surface area (Å²) in [5.74, 6) is 0.535. The minimum Gasteiger partial charge on any atom is -0.447 e. The lowest BCUT2D eigenvalue weighted by molar-refractivity contribution is 0.110. The summed E-state index contributed by atoms with van der Waals surface area (Å²) in [5, 5.41) is 3.02. The van der Waals surface area contributed by atoms with Crippen LogP contribution in [-0.4, -0.2) is 12.2 Å². The number of carbonyl (C=O) groups is 1. The van der Waals surface area contributed by atoms with Crippen molar-refractivity contribution < 1.29 is 9.53 Å². The van der Waals surface area contributed by atoms with Gasteiger partial charge in [0.05, 0.1) is 12.1 Å². The fourth-order valence-electron chi connectivity index (χ4n) is 3.23. The molecule has 2 atom stereocenters. The van der Waals surface area contributed by atoms with Crippen LogP contribution in [0.25, 0.3) is 0 Å². The van der Waals surface area contributed by atoms with Crippen LogP contribution in [0.5, 0.6) is 0 Å². The third-order valence-corrected chi connectivity index (χ3v) is 4.17. The number of fused-ring (bicyclic) bond motifs is 1. The normalized spacial score (nSPS) is 21.8. The molecule has 1 aliphatic carbocycles. The van der Waals surface area contributed by atoms with Crippen LogP contribution in [0.3, 0.4) is 0 Å². The van der Waals surface area contributed by atoms with E-state index >= 15 is 0 Å². The minimum atomic E-state index is -0.320. The van der Waals surface area contributed by atoms with Gasteiger partial charge in [-0.15, -0.1) is 0 Å². The van der Waals surface area contributed by atoms with Crippen LogP contribution < -0.4 is 5.32 Å². The number of benzene rings is 1. The molecule has 116 valence electrons. The van der Waals surface area contributed by atoms with Gasteiger partial charge in [0.2, 0.25) is 0 Å². The van der Waals surface area contributed by atoms with Gasteiger partial charge in [0, 0.05) is 0 Å². The molecule has 0 spiro atoms. The van der Waals surface area contributed by atoms with Crippen molar-refractivity contribution >= 4 is 6.09 Å². The van der Waals surface area contributed by atoms with E-state index in [1.54, 1.807) is 0 Å². The highest BCUT2D eigenvalue weighted by atomic mass is 16.6. The van der Waals surface area contributed by atoms with Gasteiger partial charge in [-0.2, -0.15) is 0 Å². The molecule has 0 heterocycles. The summed E-state index contributed by atoms with van der Waals surface area (Å²) in [6.45, 7) is 10.6. The predicted molar refractivity (Wildman–Crippen MR) is 85.4 cm³/mol. The third kappa shape index (κ3) is 3.78. The molecule has 3 nitrogen and oxygen atoms in total. The second-order valence-electron chi connectivity index (χ2n) is 7.28. The highest BCUT2D eigenvalue weighted by molar-refractivity contribution is 5.68. The largest absolute Gasteiger partial charge is 0.447 e. The number of nitrogens with one attached hydrogen (secondary N) is 1. The second kappa shape index (κ2) is 6.08. The standard InChI is InChI=1S/C18H27NO2/c1-12(2)21-17(20)19-16-11-10-15(18(3,4)5)13-8-6-7-9-14(13)16/h6-9,12,15-16H,10-11H2,1-5H3,(H,19,20). The molecule has 1 aromatic carbocycles. The van der Waals surface area contributed by atoms with Crippen LogP contribution in [0.15, 0.2) is 24.3 Å². The fourth-order valence-corrected chi connectivity index (χ4v) is 3.23. The summed E-state index contributed by atoms with van der Waals surface area (Å²) in [6, 6.07) is 8.53. The van der Waals surface area contributed by atoms with Gasteiger partial charge in [0.25, 0.3) is 0 Å². The summed E-state index contributed by atoms with van der Waals surface area (Å²) in [5.41, 5.74) is 2.84. The van der Waals surface area contributed by atoms with Crippen molar-refractivity contribution in [3.63, 3.8) is 0 Å². The maximum Gasteiger partial charge on any atom is 0.407 e. The second-order valence-corrected chi connectivity index (χ2v) is 7.28. The molecule has 0 aliphatic heterocycles. The quantitative estimate of drug-likeness (QED) is 0.850. The first kappa shape index (κ1) is 15.9. The van der Waals surface area contributed by atoms with E-state index in [2.05, 4.69) is 44.3 Å². The van der Waals surface area contributed by atoms with Crippen LogP contribution in [0, 0.1) is 5.41 Å². The number of amides is 1. The first-order chi connectivity index (χ1) is 9.79. The zero-order valence-electron chi connectivity index (χ0n) is 13.8. The van der Waals surface area contributed by atoms with Crippen LogP contribution in [0.2, 0.25) is 0 Å². The highest BCUT2D eigenvalue weighted by Gasteiger charge is 2.34. The molecular weight excluding hydrogens is 262 g/mol. The molecule has 1 N–H and O–H groups in total. The molecule has 0 saturated carbocycles. The van der Waals surface area contributed by atoms with E-state index < -0.39 is 0 Å². The van der Waals surface area contributed by atoms with E-state index in [1.807, 2.05) is 19.9 Å². The molecule has 21 heavy (non-hydrogen) atoms. The van der Waals surface area contributed by atoms with Gasteiger partial charge in [-0.25, -0.2) is 4.79 Å². The lowest BCUT2D eigenvalue weighted by atomic mass is 9.68. The molecule has 2 unspecified atom stereocenters. The van der Waals surface area contributed by atoms with Crippen molar-refractivity contribution in [2.75, 3.05) is 0 Å². The maximum atomic E-state index is 11.9. The number of alkyl carbamates (subject to hydrolysis) is 1. The lowest BCUT2D eigenvalue weighted by Crippen LogP contribution is -2.35. The molecule has 1 amide bonds. The summed E-state index contributed by atoms with van der Waals surface area (Å²) >= 11 is 0. The van der Waals surface area contributed by atoms with E-state index in [0.29, 0.717) is 5.92 Å². The third-order valence-electron chi connectivity index (χ3n) is 4.17. The summed E-state index contributed by atoms with van der Waals surface area (Å²) < 4.78 is 5.21. The van der Waals surface area contributed by atoms with Gasteiger partial charge in [-0.1, -0.05) is 45.0 Å². The Hall–Kier alpha value is -1.51. The van der Waals surface area contributed by atoms with E-state index in [9.17, 15) is 4.79 Å². The Labute approximate surface area is 128 Å². The smallest absolute Gasteiger partial charge is 0.407 e. The Kier molecular flexibility index (Phi) is 4.60. The molecule has 0 radical (unpaired) electrons. The average Bonchev–Trinajstić information content (AvgIpc) is 2.36. The summed E-state index contributed by atoms with van der Waals surface area (Å²) in [7, 11) is 0. The maximum absolute atomic E-state index is 11.9. The van der Waals surface area contributed by atoms with Crippen LogP contribution in [0.4, 0.5) is 4.79 Å². The zero-order valence-corrected chi connectivity index (χ0v) is 13.8. The van der Waals surface area contributed by atoms with Crippen molar-refractivity contribution in [1.82, 2.24) is 5.32 Å². The Morgan fingerprint density at radius 2 is 1.81 bits per heavy atom. The average molecular weight is 289 g/mol. The van der Waals surface area contributed by atoms with E-state index in [0.717, 1.165) is 12.8 Å². The van der Waals surface area contributed by atoms with E-state index in [-0.39, 0.29) is 23.7 Å². The zero-order chi connectivity index (χ0) is 15.6. The molecular formula is C18H27NO2. The molecule has 1 aliphatic rings. The predicted octanol–water partition coefficient (Wildman–Crippen LogP) is 4.79. The SMILES string of the molecule is CC(C)OC(=O)NC1CCC(C(C)(C)C)c2ccccc21. The molecule has 1 aromatic rings. The molecule has 0 bridgehead atoms. The summed E-state index contributed by atoms with van der Waals surface area (Å²) in [4.78, 5) is 11.9. The Morgan fingerprint density at radius 1 is 1.19 bits per heavy atom. The van der Waals surface area contributed by atoms with Crippen LogP contribution >= 0.6 is 0 Å². The first-order valence-electron chi connectivity index (χ1n) is 7.85. The van der Waals surface area contributed by atoms with E-state index in [1.165, 1.54) is 11.1 Å². The monoisotopic (exact) mass is 289 g/mol. The fraction of sp³-hybridized carbons (Fsp3) is 0.611. The van der Waals surface area contributed by atoms with Crippen molar-refractivity contribution in [3.8, 4) is 0 Å². The Balaban J connectivity index is 2.21. The number of hydrogen-bond donors (Lipinski definition) is 1. The number of hydrogen-bond acceptors (Lipinski definition) is 2. The molecule has 2 rings (SSSR count). The Bertz CT molecular complexity index is 502. The van der Waals surface area contributed by atoms with Crippen LogP contribution in [0.1, 0.15) is 70.5 Å². The minimum absolute atomic E-state index is 0.0612. The van der Waals surface area contributed by atoms with Gasteiger partial charge in [-0.3, -0.25) is 0 Å². The molecule has 0 fully saturated rings. The van der Waals surface area contributed by atoms with E-state index in [4.69, 9.17) is 4.74 Å². The van der Waals surface area contributed by atoms with Crippen molar-refractivity contribution in [2.45, 2.75) is 65.5 Å². The lowest BCUT2D eigenvalue weighted by Gasteiger charge is -2.39. The molecule has 0 aromatic heterocycles. The van der Waals surface area contributed by atoms with Crippen molar-refractivity contribution in [2.24, 2.45) is 5.41 Å². The van der Waals surface area contributed by atoms with Gasteiger partial charge in [-0.05, 0) is 49.1 Å². The van der Waals surface area contributed by atoms with Gasteiger partial charge >= 0.3 is 6.09 Å². The Morgan fingerprint density at radius 3 is 2.38 bits per heavy atom. The first-order valence-corrected chi connectivity index (χ1v) is 7.85. The van der Waals surface area contributed by atoms with Gasteiger partial charge in [0.15, 0.2) is 0 Å². The van der Waals surface area contributed by atoms with Crippen molar-refractivity contribution in [1.29, 1.82) is 0 Å². The number of rotatable bonds is 2. The number of carbonyl (C=O) groups excluding carboxylic acids is 1.